The summed E-state index contributed by atoms with van der Waals surface area (Å²) < 4.78 is 6.17. The summed E-state index contributed by atoms with van der Waals surface area (Å²) in [7, 11) is 1.67. The molecule has 0 aliphatic carbocycles. The molecule has 1 atom stereocenters. The van der Waals surface area contributed by atoms with Crippen molar-refractivity contribution in [2.24, 2.45) is 5.73 Å². The summed E-state index contributed by atoms with van der Waals surface area (Å²) in [4.78, 5) is 0. The Morgan fingerprint density at radius 1 is 1.47 bits per heavy atom. The van der Waals surface area contributed by atoms with Gasteiger partial charge in [-0.25, -0.2) is 0 Å². The van der Waals surface area contributed by atoms with Gasteiger partial charge in [-0.15, -0.1) is 0 Å². The number of halogens is 1. The molecule has 2 N–H and O–H groups in total. The topological polar surface area (TPSA) is 35.2 Å². The minimum Gasteiger partial charge on any atom is -0.497 e. The van der Waals surface area contributed by atoms with Gasteiger partial charge in [-0.3, -0.25) is 0 Å². The van der Waals surface area contributed by atoms with Crippen molar-refractivity contribution in [3.05, 3.63) is 28.2 Å². The lowest BCUT2D eigenvalue weighted by molar-refractivity contribution is 0.414. The lowest BCUT2D eigenvalue weighted by Gasteiger charge is -2.14. The first-order valence-corrected chi connectivity index (χ1v) is 6.07. The Bertz CT molecular complexity index is 314. The fourth-order valence-electron chi connectivity index (χ4n) is 1.52. The molecule has 1 aromatic carbocycles. The van der Waals surface area contributed by atoms with E-state index in [0.29, 0.717) is 0 Å². The van der Waals surface area contributed by atoms with Gasteiger partial charge in [-0.1, -0.05) is 41.8 Å². The standard InChI is InChI=1S/C12H18BrNO/c1-3-4-5-12(14)10-7-6-9(15-2)8-11(10)13/h6-8,12H,3-5,14H2,1-2H3. The maximum atomic E-state index is 6.10. The number of unbranched alkanes of at least 4 members (excludes halogenated alkanes) is 1. The molecule has 0 spiro atoms. The van der Waals surface area contributed by atoms with Crippen LogP contribution in [0, 0.1) is 0 Å². The number of rotatable bonds is 5. The van der Waals surface area contributed by atoms with Crippen molar-refractivity contribution in [2.75, 3.05) is 7.11 Å². The minimum absolute atomic E-state index is 0.116. The number of ether oxygens (including phenoxy) is 1. The summed E-state index contributed by atoms with van der Waals surface area (Å²) >= 11 is 3.52. The van der Waals surface area contributed by atoms with Crippen molar-refractivity contribution in [3.8, 4) is 5.75 Å². The second-order valence-electron chi connectivity index (χ2n) is 3.64. The number of benzene rings is 1. The second-order valence-corrected chi connectivity index (χ2v) is 4.49. The molecule has 0 fully saturated rings. The third-order valence-electron chi connectivity index (χ3n) is 2.48. The minimum atomic E-state index is 0.116. The van der Waals surface area contributed by atoms with Crippen LogP contribution in [0.15, 0.2) is 22.7 Å². The maximum Gasteiger partial charge on any atom is 0.120 e. The van der Waals surface area contributed by atoms with E-state index in [4.69, 9.17) is 10.5 Å². The fourth-order valence-corrected chi connectivity index (χ4v) is 2.17. The van der Waals surface area contributed by atoms with E-state index in [0.717, 1.165) is 22.2 Å². The molecule has 1 unspecified atom stereocenters. The Balaban J connectivity index is 2.76. The van der Waals surface area contributed by atoms with E-state index in [9.17, 15) is 0 Å². The van der Waals surface area contributed by atoms with E-state index in [1.807, 2.05) is 18.2 Å². The van der Waals surface area contributed by atoms with Gasteiger partial charge in [0.2, 0.25) is 0 Å². The highest BCUT2D eigenvalue weighted by molar-refractivity contribution is 9.10. The summed E-state index contributed by atoms with van der Waals surface area (Å²) in [5.41, 5.74) is 7.26. The smallest absolute Gasteiger partial charge is 0.120 e. The first-order chi connectivity index (χ1) is 7.19. The molecule has 0 bridgehead atoms. The van der Waals surface area contributed by atoms with Crippen LogP contribution in [0.4, 0.5) is 0 Å². The zero-order valence-electron chi connectivity index (χ0n) is 9.29. The molecule has 15 heavy (non-hydrogen) atoms. The number of methoxy groups -OCH3 is 1. The molecule has 2 nitrogen and oxygen atoms in total. The van der Waals surface area contributed by atoms with Gasteiger partial charge in [0.1, 0.15) is 5.75 Å². The predicted molar refractivity (Wildman–Crippen MR) is 67.1 cm³/mol. The Morgan fingerprint density at radius 3 is 2.73 bits per heavy atom. The Morgan fingerprint density at radius 2 is 2.20 bits per heavy atom. The summed E-state index contributed by atoms with van der Waals surface area (Å²) in [6.07, 6.45) is 3.38. The maximum absolute atomic E-state index is 6.10. The molecule has 0 saturated carbocycles. The van der Waals surface area contributed by atoms with E-state index in [2.05, 4.69) is 22.9 Å². The van der Waals surface area contributed by atoms with E-state index < -0.39 is 0 Å². The summed E-state index contributed by atoms with van der Waals surface area (Å²) in [6.45, 7) is 2.18. The van der Waals surface area contributed by atoms with Gasteiger partial charge in [0.25, 0.3) is 0 Å². The van der Waals surface area contributed by atoms with Crippen LogP contribution in [0.5, 0.6) is 5.75 Å². The number of hydrogen-bond donors (Lipinski definition) is 1. The van der Waals surface area contributed by atoms with Gasteiger partial charge >= 0.3 is 0 Å². The highest BCUT2D eigenvalue weighted by Gasteiger charge is 2.09. The van der Waals surface area contributed by atoms with Crippen molar-refractivity contribution in [2.45, 2.75) is 32.2 Å². The summed E-state index contributed by atoms with van der Waals surface area (Å²) in [5.74, 6) is 0.855. The van der Waals surface area contributed by atoms with Gasteiger partial charge in [0.05, 0.1) is 7.11 Å². The lowest BCUT2D eigenvalue weighted by Crippen LogP contribution is -2.10. The first-order valence-electron chi connectivity index (χ1n) is 5.28. The van der Waals surface area contributed by atoms with Crippen LogP contribution in [0.2, 0.25) is 0 Å². The molecule has 1 rings (SSSR count). The molecule has 3 heteroatoms. The van der Waals surface area contributed by atoms with Crippen molar-refractivity contribution in [1.82, 2.24) is 0 Å². The van der Waals surface area contributed by atoms with Crippen LogP contribution in [-0.2, 0) is 0 Å². The highest BCUT2D eigenvalue weighted by Crippen LogP contribution is 2.28. The molecule has 84 valence electrons. The third kappa shape index (κ3) is 3.50. The molecule has 0 radical (unpaired) electrons. The molecular weight excluding hydrogens is 254 g/mol. The average molecular weight is 272 g/mol. The van der Waals surface area contributed by atoms with Gasteiger partial charge in [-0.05, 0) is 24.1 Å². The molecular formula is C12H18BrNO. The average Bonchev–Trinajstić information content (AvgIpc) is 2.25. The summed E-state index contributed by atoms with van der Waals surface area (Å²) in [6, 6.07) is 6.06. The fraction of sp³-hybridized carbons (Fsp3) is 0.500. The van der Waals surface area contributed by atoms with Crippen LogP contribution < -0.4 is 10.5 Å². The highest BCUT2D eigenvalue weighted by atomic mass is 79.9. The first kappa shape index (κ1) is 12.5. The largest absolute Gasteiger partial charge is 0.497 e. The third-order valence-corrected chi connectivity index (χ3v) is 3.16. The van der Waals surface area contributed by atoms with E-state index in [1.165, 1.54) is 12.8 Å². The van der Waals surface area contributed by atoms with Crippen molar-refractivity contribution >= 4 is 15.9 Å². The normalized spacial score (nSPS) is 12.5. The molecule has 0 aromatic heterocycles. The second kappa shape index (κ2) is 6.13. The number of nitrogens with two attached hydrogens (primary N) is 1. The van der Waals surface area contributed by atoms with Crippen LogP contribution in [-0.4, -0.2) is 7.11 Å². The SMILES string of the molecule is CCCCC(N)c1ccc(OC)cc1Br. The monoisotopic (exact) mass is 271 g/mol. The van der Waals surface area contributed by atoms with Crippen LogP contribution >= 0.6 is 15.9 Å². The van der Waals surface area contributed by atoms with Gasteiger partial charge in [0, 0.05) is 10.5 Å². The molecule has 1 aromatic rings. The molecule has 0 aliphatic rings. The van der Waals surface area contributed by atoms with E-state index in [-0.39, 0.29) is 6.04 Å². The van der Waals surface area contributed by atoms with E-state index in [1.54, 1.807) is 7.11 Å². The van der Waals surface area contributed by atoms with Gasteiger partial charge in [-0.2, -0.15) is 0 Å². The van der Waals surface area contributed by atoms with E-state index >= 15 is 0 Å². The van der Waals surface area contributed by atoms with Gasteiger partial charge < -0.3 is 10.5 Å². The van der Waals surface area contributed by atoms with Crippen molar-refractivity contribution in [3.63, 3.8) is 0 Å². The Kier molecular flexibility index (Phi) is 5.12. The molecule has 0 aliphatic heterocycles. The van der Waals surface area contributed by atoms with Crippen molar-refractivity contribution in [1.29, 1.82) is 0 Å². The van der Waals surface area contributed by atoms with Crippen molar-refractivity contribution < 1.29 is 4.74 Å². The predicted octanol–water partition coefficient (Wildman–Crippen LogP) is 3.65. The Labute approximate surface area is 99.9 Å². The molecule has 0 heterocycles. The molecule has 0 amide bonds. The number of hydrogen-bond acceptors (Lipinski definition) is 2. The Hall–Kier alpha value is -0.540. The van der Waals surface area contributed by atoms with Crippen LogP contribution in [0.25, 0.3) is 0 Å². The van der Waals surface area contributed by atoms with Crippen LogP contribution in [0.1, 0.15) is 37.8 Å². The quantitative estimate of drug-likeness (QED) is 0.888. The van der Waals surface area contributed by atoms with Crippen LogP contribution in [0.3, 0.4) is 0 Å². The molecule has 0 saturated heterocycles. The zero-order valence-corrected chi connectivity index (χ0v) is 10.9. The zero-order chi connectivity index (χ0) is 11.3. The summed E-state index contributed by atoms with van der Waals surface area (Å²) in [5, 5.41) is 0. The van der Waals surface area contributed by atoms with Gasteiger partial charge in [0.15, 0.2) is 0 Å². The lowest BCUT2D eigenvalue weighted by atomic mass is 10.0.